The van der Waals surface area contributed by atoms with Gasteiger partial charge in [0.25, 0.3) is 0 Å². The lowest BCUT2D eigenvalue weighted by molar-refractivity contribution is -0.152. The second-order valence-electron chi connectivity index (χ2n) is 6.17. The highest BCUT2D eigenvalue weighted by Crippen LogP contribution is 2.26. The van der Waals surface area contributed by atoms with Crippen molar-refractivity contribution in [1.29, 1.82) is 0 Å². The van der Waals surface area contributed by atoms with E-state index in [-0.39, 0.29) is 24.4 Å². The predicted octanol–water partition coefficient (Wildman–Crippen LogP) is 2.23. The van der Waals surface area contributed by atoms with Gasteiger partial charge in [-0.25, -0.2) is 0 Å². The van der Waals surface area contributed by atoms with Crippen molar-refractivity contribution in [2.45, 2.75) is 76.8 Å². The van der Waals surface area contributed by atoms with Gasteiger partial charge in [-0.05, 0) is 26.2 Å². The minimum atomic E-state index is -0.697. The van der Waals surface area contributed by atoms with Crippen LogP contribution in [0.1, 0.15) is 65.2 Å². The van der Waals surface area contributed by atoms with Crippen LogP contribution in [0.4, 0.5) is 0 Å². The van der Waals surface area contributed by atoms with Crippen LogP contribution in [0.15, 0.2) is 0 Å². The maximum Gasteiger partial charge on any atom is 0.248 e. The second-order valence-corrected chi connectivity index (χ2v) is 6.17. The van der Waals surface area contributed by atoms with Crippen molar-refractivity contribution in [2.24, 2.45) is 0 Å². The van der Waals surface area contributed by atoms with Crippen LogP contribution >= 0.6 is 0 Å². The fourth-order valence-electron chi connectivity index (χ4n) is 3.22. The Hall–Kier alpha value is -1.06. The van der Waals surface area contributed by atoms with Gasteiger partial charge in [-0.3, -0.25) is 9.59 Å². The fraction of sp³-hybridized carbons (Fsp3) is 0.867. The Morgan fingerprint density at radius 1 is 1.16 bits per heavy atom. The van der Waals surface area contributed by atoms with Crippen LogP contribution in [-0.4, -0.2) is 34.8 Å². The minimum Gasteiger partial charge on any atom is -0.340 e. The van der Waals surface area contributed by atoms with Gasteiger partial charge in [0.2, 0.25) is 11.8 Å². The minimum absolute atomic E-state index is 0.00832. The largest absolute Gasteiger partial charge is 0.340 e. The molecule has 1 aliphatic heterocycles. The highest BCUT2D eigenvalue weighted by Gasteiger charge is 2.43. The van der Waals surface area contributed by atoms with Gasteiger partial charge in [0.05, 0.1) is 6.54 Å². The summed E-state index contributed by atoms with van der Waals surface area (Å²) in [7, 11) is 0. The first-order valence-electron chi connectivity index (χ1n) is 7.69. The number of piperazine rings is 1. The third-order valence-corrected chi connectivity index (χ3v) is 4.68. The van der Waals surface area contributed by atoms with E-state index >= 15 is 0 Å². The van der Waals surface area contributed by atoms with Gasteiger partial charge in [0.15, 0.2) is 0 Å². The van der Waals surface area contributed by atoms with E-state index in [0.29, 0.717) is 6.42 Å². The van der Waals surface area contributed by atoms with E-state index in [2.05, 4.69) is 5.32 Å². The predicted molar refractivity (Wildman–Crippen MR) is 74.7 cm³/mol. The zero-order valence-electron chi connectivity index (χ0n) is 12.2. The first-order chi connectivity index (χ1) is 9.07. The van der Waals surface area contributed by atoms with Crippen molar-refractivity contribution < 1.29 is 9.59 Å². The SMILES string of the molecule is CCC1(C)NC(=O)CN(C2CCCCCCC2)C1=O. The highest BCUT2D eigenvalue weighted by atomic mass is 16.2. The molecule has 0 radical (unpaired) electrons. The van der Waals surface area contributed by atoms with Crippen LogP contribution in [0.25, 0.3) is 0 Å². The Morgan fingerprint density at radius 3 is 2.32 bits per heavy atom. The molecule has 0 spiro atoms. The Bertz CT molecular complexity index is 348. The molecule has 19 heavy (non-hydrogen) atoms. The molecule has 0 aromatic carbocycles. The van der Waals surface area contributed by atoms with Crippen LogP contribution in [0.5, 0.6) is 0 Å². The quantitative estimate of drug-likeness (QED) is 0.833. The maximum atomic E-state index is 12.6. The number of hydrogen-bond acceptors (Lipinski definition) is 2. The Morgan fingerprint density at radius 2 is 1.74 bits per heavy atom. The third kappa shape index (κ3) is 3.10. The molecular formula is C15H26N2O2. The number of rotatable bonds is 2. The smallest absolute Gasteiger partial charge is 0.248 e. The van der Waals surface area contributed by atoms with Crippen molar-refractivity contribution in [3.8, 4) is 0 Å². The zero-order valence-corrected chi connectivity index (χ0v) is 12.2. The Labute approximate surface area is 115 Å². The molecular weight excluding hydrogens is 240 g/mol. The molecule has 0 aromatic rings. The molecule has 0 bridgehead atoms. The molecule has 0 aromatic heterocycles. The second kappa shape index (κ2) is 5.93. The van der Waals surface area contributed by atoms with Gasteiger partial charge in [-0.15, -0.1) is 0 Å². The molecule has 2 aliphatic rings. The number of nitrogens with zero attached hydrogens (tertiary/aromatic N) is 1. The van der Waals surface area contributed by atoms with Crippen LogP contribution < -0.4 is 5.32 Å². The molecule has 2 amide bonds. The van der Waals surface area contributed by atoms with E-state index in [4.69, 9.17) is 0 Å². The van der Waals surface area contributed by atoms with Crippen LogP contribution in [0, 0.1) is 0 Å². The summed E-state index contributed by atoms with van der Waals surface area (Å²) < 4.78 is 0. The summed E-state index contributed by atoms with van der Waals surface area (Å²) in [6.07, 6.45) is 8.95. The average molecular weight is 266 g/mol. The first kappa shape index (κ1) is 14.4. The Balaban J connectivity index is 2.12. The lowest BCUT2D eigenvalue weighted by atomic mass is 9.90. The number of amides is 2. The van der Waals surface area contributed by atoms with E-state index in [1.165, 1.54) is 32.1 Å². The van der Waals surface area contributed by atoms with Gasteiger partial charge >= 0.3 is 0 Å². The number of carbonyl (C=O) groups excluding carboxylic acids is 2. The van der Waals surface area contributed by atoms with Crippen molar-refractivity contribution in [1.82, 2.24) is 10.2 Å². The maximum absolute atomic E-state index is 12.6. The molecule has 1 N–H and O–H groups in total. The van der Waals surface area contributed by atoms with E-state index in [1.807, 2.05) is 18.7 Å². The molecule has 1 aliphatic carbocycles. The lowest BCUT2D eigenvalue weighted by Crippen LogP contribution is -2.66. The van der Waals surface area contributed by atoms with Crippen molar-refractivity contribution in [2.75, 3.05) is 6.54 Å². The summed E-state index contributed by atoms with van der Waals surface area (Å²) >= 11 is 0. The van der Waals surface area contributed by atoms with Gasteiger partial charge in [0.1, 0.15) is 5.54 Å². The lowest BCUT2D eigenvalue weighted by Gasteiger charge is -2.43. The van der Waals surface area contributed by atoms with Crippen molar-refractivity contribution in [3.63, 3.8) is 0 Å². The molecule has 1 atom stereocenters. The number of hydrogen-bond donors (Lipinski definition) is 1. The van der Waals surface area contributed by atoms with E-state index in [9.17, 15) is 9.59 Å². The van der Waals surface area contributed by atoms with E-state index < -0.39 is 5.54 Å². The molecule has 1 unspecified atom stereocenters. The van der Waals surface area contributed by atoms with Crippen molar-refractivity contribution in [3.05, 3.63) is 0 Å². The summed E-state index contributed by atoms with van der Waals surface area (Å²) in [4.78, 5) is 26.4. The molecule has 1 saturated heterocycles. The normalized spacial score (nSPS) is 30.7. The van der Waals surface area contributed by atoms with Crippen molar-refractivity contribution >= 4 is 11.8 Å². The van der Waals surface area contributed by atoms with Crippen LogP contribution in [0.2, 0.25) is 0 Å². The molecule has 1 saturated carbocycles. The molecule has 4 nitrogen and oxygen atoms in total. The van der Waals surface area contributed by atoms with Gasteiger partial charge in [-0.2, -0.15) is 0 Å². The standard InChI is InChI=1S/C15H26N2O2/c1-3-15(2)14(19)17(11-13(18)16-15)12-9-7-5-4-6-8-10-12/h12H,3-11H2,1-2H3,(H,16,18). The number of carbonyl (C=O) groups is 2. The highest BCUT2D eigenvalue weighted by molar-refractivity contribution is 5.97. The van der Waals surface area contributed by atoms with Gasteiger partial charge in [0, 0.05) is 6.04 Å². The first-order valence-corrected chi connectivity index (χ1v) is 7.69. The summed E-state index contributed by atoms with van der Waals surface area (Å²) in [5.41, 5.74) is -0.697. The molecule has 1 heterocycles. The Kier molecular flexibility index (Phi) is 4.48. The molecule has 2 fully saturated rings. The average Bonchev–Trinajstić information content (AvgIpc) is 2.34. The topological polar surface area (TPSA) is 49.4 Å². The van der Waals surface area contributed by atoms with E-state index in [0.717, 1.165) is 12.8 Å². The summed E-state index contributed by atoms with van der Waals surface area (Å²) in [5, 5.41) is 2.86. The third-order valence-electron chi connectivity index (χ3n) is 4.68. The molecule has 2 rings (SSSR count). The number of nitrogens with one attached hydrogen (secondary N) is 1. The summed E-state index contributed by atoms with van der Waals surface area (Å²) in [6, 6.07) is 0.268. The van der Waals surface area contributed by atoms with Crippen LogP contribution in [0.3, 0.4) is 0 Å². The van der Waals surface area contributed by atoms with Gasteiger partial charge < -0.3 is 10.2 Å². The van der Waals surface area contributed by atoms with E-state index in [1.54, 1.807) is 0 Å². The zero-order chi connectivity index (χ0) is 13.9. The van der Waals surface area contributed by atoms with Crippen LogP contribution in [-0.2, 0) is 9.59 Å². The van der Waals surface area contributed by atoms with Gasteiger partial charge in [-0.1, -0.05) is 39.0 Å². The molecule has 108 valence electrons. The molecule has 4 heteroatoms. The monoisotopic (exact) mass is 266 g/mol. The fourth-order valence-corrected chi connectivity index (χ4v) is 3.22. The summed E-state index contributed by atoms with van der Waals surface area (Å²) in [6.45, 7) is 4.06. The summed E-state index contributed by atoms with van der Waals surface area (Å²) in [5.74, 6) is 0.103.